The van der Waals surface area contributed by atoms with E-state index in [1.165, 1.54) is 18.2 Å². The molecule has 8 heteroatoms. The summed E-state index contributed by atoms with van der Waals surface area (Å²) in [5.41, 5.74) is 0.869. The molecule has 6 nitrogen and oxygen atoms in total. The van der Waals surface area contributed by atoms with Crippen LogP contribution in [0.2, 0.25) is 5.02 Å². The van der Waals surface area contributed by atoms with E-state index in [9.17, 15) is 18.0 Å². The van der Waals surface area contributed by atoms with Crippen LogP contribution in [0.25, 0.3) is 0 Å². The minimum Gasteiger partial charge on any atom is -0.478 e. The highest BCUT2D eigenvalue weighted by Gasteiger charge is 2.35. The first kappa shape index (κ1) is 16.5. The zero-order chi connectivity index (χ0) is 17.5. The Bertz CT molecular complexity index is 937. The molecule has 0 fully saturated rings. The molecule has 3 rings (SSSR count). The fraction of sp³-hybridized carbons (Fsp3) is 0.125. The van der Waals surface area contributed by atoms with Crippen molar-refractivity contribution in [1.82, 2.24) is 0 Å². The molecule has 0 radical (unpaired) electrons. The van der Waals surface area contributed by atoms with Gasteiger partial charge in [-0.15, -0.1) is 0 Å². The number of Topliss-reactive ketones (excluding diaryl/α,β-unsaturated/α-hetero) is 1. The van der Waals surface area contributed by atoms with Gasteiger partial charge in [0, 0.05) is 10.6 Å². The SMILES string of the molecule is O=C(O)c1ccc2c(c1)N(Cc1ccc(Cl)cc1)S(=O)(=O)CC2=O. The molecule has 0 saturated heterocycles. The first-order valence-electron chi connectivity index (χ1n) is 6.93. The first-order chi connectivity index (χ1) is 11.3. The van der Waals surface area contributed by atoms with E-state index < -0.39 is 27.5 Å². The largest absolute Gasteiger partial charge is 0.478 e. The summed E-state index contributed by atoms with van der Waals surface area (Å²) in [6, 6.07) is 10.5. The summed E-state index contributed by atoms with van der Waals surface area (Å²) in [6.45, 7) is -0.0111. The summed E-state index contributed by atoms with van der Waals surface area (Å²) in [7, 11) is -3.88. The smallest absolute Gasteiger partial charge is 0.335 e. The number of rotatable bonds is 3. The molecule has 0 spiro atoms. The van der Waals surface area contributed by atoms with Crippen molar-refractivity contribution in [2.75, 3.05) is 10.1 Å². The van der Waals surface area contributed by atoms with Crippen molar-refractivity contribution in [3.8, 4) is 0 Å². The standard InChI is InChI=1S/C16H12ClNO5S/c17-12-4-1-10(2-5-12)8-18-14-7-11(16(20)21)3-6-13(14)15(19)9-24(18,22)23/h1-7H,8-9H2,(H,20,21). The maximum absolute atomic E-state index is 12.4. The van der Waals surface area contributed by atoms with Crippen LogP contribution in [0, 0.1) is 0 Å². The van der Waals surface area contributed by atoms with Crippen molar-refractivity contribution in [2.24, 2.45) is 0 Å². The highest BCUT2D eigenvalue weighted by molar-refractivity contribution is 7.93. The minimum atomic E-state index is -3.88. The Morgan fingerprint density at radius 2 is 1.83 bits per heavy atom. The molecular weight excluding hydrogens is 354 g/mol. The number of fused-ring (bicyclic) bond motifs is 1. The summed E-state index contributed by atoms with van der Waals surface area (Å²) in [5.74, 6) is -2.38. The fourth-order valence-corrected chi connectivity index (χ4v) is 4.08. The number of carbonyl (C=O) groups excluding carboxylic acids is 1. The van der Waals surface area contributed by atoms with Gasteiger partial charge in [0.1, 0.15) is 5.75 Å². The number of anilines is 1. The Hall–Kier alpha value is -2.38. The van der Waals surface area contributed by atoms with E-state index in [2.05, 4.69) is 0 Å². The molecule has 1 heterocycles. The molecule has 0 unspecified atom stereocenters. The molecule has 0 bridgehead atoms. The maximum atomic E-state index is 12.4. The fourth-order valence-electron chi connectivity index (χ4n) is 2.52. The number of nitrogens with zero attached hydrogens (tertiary/aromatic N) is 1. The number of aromatic carboxylic acids is 1. The van der Waals surface area contributed by atoms with Gasteiger partial charge in [0.2, 0.25) is 10.0 Å². The third-order valence-electron chi connectivity index (χ3n) is 3.70. The van der Waals surface area contributed by atoms with E-state index in [4.69, 9.17) is 16.7 Å². The second-order valence-corrected chi connectivity index (χ2v) is 7.68. The van der Waals surface area contributed by atoms with E-state index in [0.29, 0.717) is 10.6 Å². The highest BCUT2D eigenvalue weighted by atomic mass is 35.5. The molecule has 2 aromatic rings. The lowest BCUT2D eigenvalue weighted by Crippen LogP contribution is -2.40. The minimum absolute atomic E-state index is 0.0111. The predicted octanol–water partition coefficient (Wildman–Crippen LogP) is 2.57. The van der Waals surface area contributed by atoms with Crippen molar-refractivity contribution in [2.45, 2.75) is 6.54 Å². The van der Waals surface area contributed by atoms with Gasteiger partial charge in [-0.1, -0.05) is 23.7 Å². The molecule has 0 aromatic heterocycles. The number of carboxylic acid groups (broad SMARTS) is 1. The Morgan fingerprint density at radius 3 is 2.46 bits per heavy atom. The molecule has 0 atom stereocenters. The molecule has 24 heavy (non-hydrogen) atoms. The van der Waals surface area contributed by atoms with E-state index in [-0.39, 0.29) is 23.4 Å². The Morgan fingerprint density at radius 1 is 1.17 bits per heavy atom. The first-order valence-corrected chi connectivity index (χ1v) is 8.92. The average Bonchev–Trinajstić information content (AvgIpc) is 2.52. The molecular formula is C16H12ClNO5S. The van der Waals surface area contributed by atoms with Crippen molar-refractivity contribution in [1.29, 1.82) is 0 Å². The van der Waals surface area contributed by atoms with Gasteiger partial charge < -0.3 is 5.11 Å². The van der Waals surface area contributed by atoms with Gasteiger partial charge in [0.25, 0.3) is 0 Å². The van der Waals surface area contributed by atoms with Crippen molar-refractivity contribution < 1.29 is 23.1 Å². The Labute approximate surface area is 143 Å². The van der Waals surface area contributed by atoms with Crippen LogP contribution < -0.4 is 4.31 Å². The van der Waals surface area contributed by atoms with Crippen LogP contribution in [0.5, 0.6) is 0 Å². The monoisotopic (exact) mass is 365 g/mol. The van der Waals surface area contributed by atoms with Crippen molar-refractivity contribution in [3.63, 3.8) is 0 Å². The molecule has 0 saturated carbocycles. The summed E-state index contributed by atoms with van der Waals surface area (Å²) in [5, 5.41) is 9.64. The van der Waals surface area contributed by atoms with Crippen molar-refractivity contribution in [3.05, 3.63) is 64.2 Å². The Balaban J connectivity index is 2.11. The van der Waals surface area contributed by atoms with Crippen LogP contribution >= 0.6 is 11.6 Å². The number of benzene rings is 2. The van der Waals surface area contributed by atoms with E-state index in [0.717, 1.165) is 4.31 Å². The second kappa shape index (κ2) is 5.92. The van der Waals surface area contributed by atoms with Gasteiger partial charge in [-0.25, -0.2) is 13.2 Å². The van der Waals surface area contributed by atoms with E-state index in [1.807, 2.05) is 0 Å². The zero-order valence-corrected chi connectivity index (χ0v) is 13.8. The lowest BCUT2D eigenvalue weighted by molar-refractivity contribution is 0.0696. The molecule has 2 aromatic carbocycles. The zero-order valence-electron chi connectivity index (χ0n) is 12.3. The van der Waals surface area contributed by atoms with Gasteiger partial charge in [-0.3, -0.25) is 9.10 Å². The van der Waals surface area contributed by atoms with E-state index >= 15 is 0 Å². The number of carboxylic acids is 1. The number of hydrogen-bond acceptors (Lipinski definition) is 4. The number of hydrogen-bond donors (Lipinski definition) is 1. The summed E-state index contributed by atoms with van der Waals surface area (Å²) in [6.07, 6.45) is 0. The van der Waals surface area contributed by atoms with Gasteiger partial charge >= 0.3 is 5.97 Å². The van der Waals surface area contributed by atoms with Gasteiger partial charge in [0.05, 0.1) is 17.8 Å². The van der Waals surface area contributed by atoms with Crippen molar-refractivity contribution >= 4 is 39.1 Å². The number of sulfonamides is 1. The van der Waals surface area contributed by atoms with Crippen LogP contribution in [0.4, 0.5) is 5.69 Å². The topological polar surface area (TPSA) is 91.8 Å². The van der Waals surface area contributed by atoms with Gasteiger partial charge in [0.15, 0.2) is 5.78 Å². The molecule has 1 N–H and O–H groups in total. The van der Waals surface area contributed by atoms with Crippen LogP contribution in [0.3, 0.4) is 0 Å². The Kier molecular flexibility index (Phi) is 4.06. The molecule has 0 amide bonds. The van der Waals surface area contributed by atoms with E-state index in [1.54, 1.807) is 24.3 Å². The highest BCUT2D eigenvalue weighted by Crippen LogP contribution is 2.32. The van der Waals surface area contributed by atoms with Gasteiger partial charge in [-0.05, 0) is 35.9 Å². The molecule has 1 aliphatic rings. The normalized spacial score (nSPS) is 15.9. The third kappa shape index (κ3) is 3.00. The quantitative estimate of drug-likeness (QED) is 0.902. The third-order valence-corrected chi connectivity index (χ3v) is 5.58. The summed E-state index contributed by atoms with van der Waals surface area (Å²) >= 11 is 5.82. The number of halogens is 1. The predicted molar refractivity (Wildman–Crippen MR) is 89.2 cm³/mol. The number of carbonyl (C=O) groups is 2. The summed E-state index contributed by atoms with van der Waals surface area (Å²) in [4.78, 5) is 23.2. The number of ketones is 1. The lowest BCUT2D eigenvalue weighted by atomic mass is 10.1. The van der Waals surface area contributed by atoms with Gasteiger partial charge in [-0.2, -0.15) is 0 Å². The average molecular weight is 366 g/mol. The van der Waals surface area contributed by atoms with Crippen LogP contribution in [-0.4, -0.2) is 31.0 Å². The van der Waals surface area contributed by atoms with Crippen LogP contribution in [0.1, 0.15) is 26.3 Å². The maximum Gasteiger partial charge on any atom is 0.335 e. The van der Waals surface area contributed by atoms with Crippen LogP contribution in [-0.2, 0) is 16.6 Å². The second-order valence-electron chi connectivity index (χ2n) is 5.35. The summed E-state index contributed by atoms with van der Waals surface area (Å²) < 4.78 is 25.9. The molecule has 0 aliphatic carbocycles. The van der Waals surface area contributed by atoms with Crippen LogP contribution in [0.15, 0.2) is 42.5 Å². The molecule has 124 valence electrons. The lowest BCUT2D eigenvalue weighted by Gasteiger charge is -2.30. The molecule has 1 aliphatic heterocycles.